The first-order chi connectivity index (χ1) is 17.5. The first kappa shape index (κ1) is 23.9. The number of nitrogens with zero attached hydrogens (tertiary/aromatic N) is 1. The van der Waals surface area contributed by atoms with Crippen molar-refractivity contribution in [3.63, 3.8) is 0 Å². The van der Waals surface area contributed by atoms with E-state index in [1.54, 1.807) is 37.4 Å². The van der Waals surface area contributed by atoms with Crippen LogP contribution in [0.15, 0.2) is 71.1 Å². The molecule has 0 saturated carbocycles. The van der Waals surface area contributed by atoms with Crippen molar-refractivity contribution >= 4 is 23.2 Å². The standard InChI is InChI=1S/C29H30N2O5/c1-31-22-8-4-10-24(32)28(22)27(29-23(31)9-5-11-25(29)33)18-6-3-7-21(16-18)36-17-26(34)30-19-12-14-20(35-2)15-13-19/h3,6-7,12-16,27H,4-5,8-11,17H2,1-2H3,(H,30,34). The minimum atomic E-state index is -0.386. The second-order valence-corrected chi connectivity index (χ2v) is 9.40. The van der Waals surface area contributed by atoms with E-state index in [2.05, 4.69) is 10.2 Å². The largest absolute Gasteiger partial charge is 0.497 e. The molecule has 1 N–H and O–H groups in total. The molecule has 186 valence electrons. The average molecular weight is 487 g/mol. The molecule has 2 aromatic carbocycles. The molecule has 7 heteroatoms. The summed E-state index contributed by atoms with van der Waals surface area (Å²) < 4.78 is 11.0. The fourth-order valence-corrected chi connectivity index (χ4v) is 5.49. The molecule has 0 radical (unpaired) electrons. The molecule has 1 aliphatic heterocycles. The quantitative estimate of drug-likeness (QED) is 0.634. The predicted octanol–water partition coefficient (Wildman–Crippen LogP) is 4.76. The fourth-order valence-electron chi connectivity index (χ4n) is 5.49. The number of benzene rings is 2. The molecule has 5 rings (SSSR count). The minimum Gasteiger partial charge on any atom is -0.497 e. The van der Waals surface area contributed by atoms with Gasteiger partial charge in [-0.05, 0) is 67.6 Å². The normalized spacial score (nSPS) is 18.1. The molecule has 0 saturated heterocycles. The number of nitrogens with one attached hydrogen (secondary N) is 1. The Kier molecular flexibility index (Phi) is 6.63. The maximum absolute atomic E-state index is 13.1. The van der Waals surface area contributed by atoms with Gasteiger partial charge in [0.05, 0.1) is 7.11 Å². The van der Waals surface area contributed by atoms with E-state index in [0.717, 1.165) is 53.8 Å². The molecule has 0 atom stereocenters. The highest BCUT2D eigenvalue weighted by atomic mass is 16.5. The maximum Gasteiger partial charge on any atom is 0.262 e. The Labute approximate surface area is 210 Å². The number of anilines is 1. The lowest BCUT2D eigenvalue weighted by Gasteiger charge is -2.42. The third-order valence-corrected chi connectivity index (χ3v) is 7.18. The van der Waals surface area contributed by atoms with Crippen LogP contribution in [0.2, 0.25) is 0 Å². The van der Waals surface area contributed by atoms with Crippen molar-refractivity contribution < 1.29 is 23.9 Å². The van der Waals surface area contributed by atoms with E-state index in [0.29, 0.717) is 30.0 Å². The number of rotatable bonds is 6. The number of methoxy groups -OCH3 is 1. The zero-order chi connectivity index (χ0) is 25.2. The highest BCUT2D eigenvalue weighted by molar-refractivity contribution is 6.06. The van der Waals surface area contributed by atoms with Crippen LogP contribution in [0.3, 0.4) is 0 Å². The van der Waals surface area contributed by atoms with E-state index >= 15 is 0 Å². The zero-order valence-electron chi connectivity index (χ0n) is 20.6. The lowest BCUT2D eigenvalue weighted by atomic mass is 9.71. The number of carbonyl (C=O) groups is 3. The van der Waals surface area contributed by atoms with Gasteiger partial charge in [-0.25, -0.2) is 0 Å². The van der Waals surface area contributed by atoms with E-state index in [1.165, 1.54) is 0 Å². The summed E-state index contributed by atoms with van der Waals surface area (Å²) in [6.07, 6.45) is 4.33. The molecule has 7 nitrogen and oxygen atoms in total. The number of amides is 1. The summed E-state index contributed by atoms with van der Waals surface area (Å²) in [5, 5.41) is 2.80. The molecular weight excluding hydrogens is 456 g/mol. The SMILES string of the molecule is COc1ccc(NC(=O)COc2cccc(C3C4=C(CCCC4=O)N(C)C4=C3C(=O)CCC4)c2)cc1. The molecule has 2 aromatic rings. The van der Waals surface area contributed by atoms with Crippen LogP contribution in [-0.2, 0) is 14.4 Å². The summed E-state index contributed by atoms with van der Waals surface area (Å²) in [6, 6.07) is 14.5. The van der Waals surface area contributed by atoms with Crippen molar-refractivity contribution in [3.05, 3.63) is 76.6 Å². The molecule has 0 fully saturated rings. The molecule has 3 aliphatic rings. The number of ketones is 2. The molecule has 1 heterocycles. The molecule has 0 bridgehead atoms. The molecule has 36 heavy (non-hydrogen) atoms. The first-order valence-electron chi connectivity index (χ1n) is 12.4. The Morgan fingerprint density at radius 1 is 0.917 bits per heavy atom. The first-order valence-corrected chi connectivity index (χ1v) is 12.4. The van der Waals surface area contributed by atoms with Gasteiger partial charge in [-0.15, -0.1) is 0 Å². The van der Waals surface area contributed by atoms with Crippen LogP contribution < -0.4 is 14.8 Å². The van der Waals surface area contributed by atoms with Gasteiger partial charge in [0.25, 0.3) is 5.91 Å². The van der Waals surface area contributed by atoms with Crippen LogP contribution in [-0.4, -0.2) is 43.1 Å². The number of allylic oxidation sites excluding steroid dienone is 4. The predicted molar refractivity (Wildman–Crippen MR) is 136 cm³/mol. The van der Waals surface area contributed by atoms with Crippen LogP contribution in [0.25, 0.3) is 0 Å². The molecular formula is C29H30N2O5. The number of hydrogen-bond acceptors (Lipinski definition) is 6. The van der Waals surface area contributed by atoms with Gasteiger partial charge in [0.1, 0.15) is 11.5 Å². The molecule has 0 spiro atoms. The van der Waals surface area contributed by atoms with Gasteiger partial charge in [0, 0.05) is 54.0 Å². The van der Waals surface area contributed by atoms with Gasteiger partial charge in [-0.3, -0.25) is 14.4 Å². The number of Topliss-reactive ketones (excluding diaryl/α,β-unsaturated/α-hetero) is 2. The number of hydrogen-bond donors (Lipinski definition) is 1. The van der Waals surface area contributed by atoms with Crippen LogP contribution in [0, 0.1) is 0 Å². The third-order valence-electron chi connectivity index (χ3n) is 7.18. The number of carbonyl (C=O) groups excluding carboxylic acids is 3. The molecule has 1 amide bonds. The highest BCUT2D eigenvalue weighted by Crippen LogP contribution is 2.48. The van der Waals surface area contributed by atoms with Gasteiger partial charge in [0.15, 0.2) is 18.2 Å². The van der Waals surface area contributed by atoms with Crippen LogP contribution >= 0.6 is 0 Å². The summed E-state index contributed by atoms with van der Waals surface area (Å²) in [4.78, 5) is 40.8. The lowest BCUT2D eigenvalue weighted by molar-refractivity contribution is -0.118. The van der Waals surface area contributed by atoms with Gasteiger partial charge in [-0.2, -0.15) is 0 Å². The van der Waals surface area contributed by atoms with E-state index in [9.17, 15) is 14.4 Å². The zero-order valence-corrected chi connectivity index (χ0v) is 20.6. The third kappa shape index (κ3) is 4.53. The van der Waals surface area contributed by atoms with E-state index in [4.69, 9.17) is 9.47 Å². The Balaban J connectivity index is 1.39. The second-order valence-electron chi connectivity index (χ2n) is 9.40. The Morgan fingerprint density at radius 2 is 1.56 bits per heavy atom. The Morgan fingerprint density at radius 3 is 2.17 bits per heavy atom. The Bertz CT molecular complexity index is 1230. The van der Waals surface area contributed by atoms with Gasteiger partial charge < -0.3 is 19.7 Å². The Hall–Kier alpha value is -3.87. The molecule has 2 aliphatic carbocycles. The van der Waals surface area contributed by atoms with Gasteiger partial charge in [0.2, 0.25) is 0 Å². The maximum atomic E-state index is 13.1. The summed E-state index contributed by atoms with van der Waals surface area (Å²) >= 11 is 0. The number of ether oxygens (including phenoxy) is 2. The molecule has 0 aromatic heterocycles. The fraction of sp³-hybridized carbons (Fsp3) is 0.345. The summed E-state index contributed by atoms with van der Waals surface area (Å²) in [6.45, 7) is -0.164. The average Bonchev–Trinajstić information content (AvgIpc) is 2.89. The van der Waals surface area contributed by atoms with Crippen molar-refractivity contribution in [3.8, 4) is 11.5 Å². The topological polar surface area (TPSA) is 84.9 Å². The van der Waals surface area contributed by atoms with Crippen LogP contribution in [0.5, 0.6) is 11.5 Å². The lowest BCUT2D eigenvalue weighted by Crippen LogP contribution is -2.37. The van der Waals surface area contributed by atoms with Crippen LogP contribution in [0.4, 0.5) is 5.69 Å². The van der Waals surface area contributed by atoms with E-state index in [1.807, 2.05) is 25.2 Å². The van der Waals surface area contributed by atoms with Crippen LogP contribution in [0.1, 0.15) is 50.0 Å². The van der Waals surface area contributed by atoms with Gasteiger partial charge >= 0.3 is 0 Å². The smallest absolute Gasteiger partial charge is 0.262 e. The monoisotopic (exact) mass is 486 g/mol. The summed E-state index contributed by atoms with van der Waals surface area (Å²) in [5.74, 6) is 0.784. The molecule has 0 unspecified atom stereocenters. The van der Waals surface area contributed by atoms with Crippen molar-refractivity contribution in [2.24, 2.45) is 0 Å². The van der Waals surface area contributed by atoms with Crippen molar-refractivity contribution in [1.82, 2.24) is 4.90 Å². The van der Waals surface area contributed by atoms with E-state index in [-0.39, 0.29) is 30.0 Å². The minimum absolute atomic E-state index is 0.114. The summed E-state index contributed by atoms with van der Waals surface area (Å²) in [7, 11) is 3.57. The summed E-state index contributed by atoms with van der Waals surface area (Å²) in [5.41, 5.74) is 5.06. The van der Waals surface area contributed by atoms with Crippen molar-refractivity contribution in [2.75, 3.05) is 26.1 Å². The highest BCUT2D eigenvalue weighted by Gasteiger charge is 2.42. The van der Waals surface area contributed by atoms with E-state index < -0.39 is 0 Å². The van der Waals surface area contributed by atoms with Gasteiger partial charge in [-0.1, -0.05) is 12.1 Å². The van der Waals surface area contributed by atoms with Crippen molar-refractivity contribution in [2.45, 2.75) is 44.4 Å². The second kappa shape index (κ2) is 10.0. The van der Waals surface area contributed by atoms with Crippen molar-refractivity contribution in [1.29, 1.82) is 0 Å².